The first-order valence-corrected chi connectivity index (χ1v) is 7.65. The van der Waals surface area contributed by atoms with Gasteiger partial charge < -0.3 is 0 Å². The maximum Gasteiger partial charge on any atom is 0.0858 e. The fourth-order valence-corrected chi connectivity index (χ4v) is 2.83. The van der Waals surface area contributed by atoms with Crippen LogP contribution in [0.5, 0.6) is 0 Å². The number of rotatable bonds is 3. The Morgan fingerprint density at radius 3 is 2.35 bits per heavy atom. The van der Waals surface area contributed by atoms with Crippen LogP contribution >= 0.6 is 12.2 Å². The summed E-state index contributed by atoms with van der Waals surface area (Å²) in [5, 5.41) is 12.7. The molecule has 0 unspecified atom stereocenters. The predicted molar refractivity (Wildman–Crippen MR) is 92.8 cm³/mol. The van der Waals surface area contributed by atoms with Crippen LogP contribution in [0, 0.1) is 0 Å². The van der Waals surface area contributed by atoms with E-state index < -0.39 is 0 Å². The normalized spacial score (nSPS) is 14.1. The van der Waals surface area contributed by atoms with Crippen molar-refractivity contribution in [3.05, 3.63) is 72.8 Å². The molecule has 0 spiro atoms. The quantitative estimate of drug-likeness (QED) is 0.696. The van der Waals surface area contributed by atoms with Crippen molar-refractivity contribution in [2.75, 3.05) is 0 Å². The summed E-state index contributed by atoms with van der Waals surface area (Å²) >= 11 is 5.48. The molecule has 1 aromatic carbocycles. The summed E-state index contributed by atoms with van der Waals surface area (Å²) in [5.41, 5.74) is 3.93. The summed E-state index contributed by atoms with van der Waals surface area (Å²) in [4.78, 5) is 2.52. The Bertz CT molecular complexity index is 901. The molecule has 0 atom stereocenters. The van der Waals surface area contributed by atoms with Gasteiger partial charge in [0.15, 0.2) is 0 Å². The van der Waals surface area contributed by atoms with E-state index in [4.69, 9.17) is 12.2 Å². The summed E-state index contributed by atoms with van der Waals surface area (Å²) in [6.07, 6.45) is 12.1. The highest BCUT2D eigenvalue weighted by atomic mass is 32.1. The van der Waals surface area contributed by atoms with E-state index in [0.717, 1.165) is 33.9 Å². The maximum atomic E-state index is 5.48. The Kier molecular flexibility index (Phi) is 3.44. The second-order valence-corrected chi connectivity index (χ2v) is 5.59. The van der Waals surface area contributed by atoms with Gasteiger partial charge in [-0.3, -0.25) is 0 Å². The lowest BCUT2D eigenvalue weighted by Crippen LogP contribution is -2.08. The third-order valence-electron chi connectivity index (χ3n) is 3.67. The first-order valence-electron chi connectivity index (χ1n) is 7.24. The number of aromatic nitrogens is 5. The van der Waals surface area contributed by atoms with Crippen molar-refractivity contribution in [1.29, 1.82) is 0 Å². The molecule has 1 aliphatic rings. The van der Waals surface area contributed by atoms with Crippen LogP contribution in [0.3, 0.4) is 0 Å². The van der Waals surface area contributed by atoms with Crippen LogP contribution in [-0.4, -0.2) is 29.6 Å². The standard InChI is InChI=1S/C17H13N5S/c23-17-4-2-1-3-15(17)16-9-10-18-21(16)13-5-7-14(8-6-13)22-19-11-12-20-22/h1-3,5-12H,4H2. The third-order valence-corrected chi connectivity index (χ3v) is 4.05. The van der Waals surface area contributed by atoms with E-state index in [1.54, 1.807) is 23.4 Å². The van der Waals surface area contributed by atoms with Gasteiger partial charge in [-0.05, 0) is 30.3 Å². The first-order chi connectivity index (χ1) is 11.3. The lowest BCUT2D eigenvalue weighted by molar-refractivity contribution is 0.751. The Morgan fingerprint density at radius 1 is 0.870 bits per heavy atom. The number of benzene rings is 1. The number of allylic oxidation sites excluding steroid dienone is 4. The zero-order valence-corrected chi connectivity index (χ0v) is 13.0. The zero-order chi connectivity index (χ0) is 15.6. The molecule has 1 aliphatic carbocycles. The Morgan fingerprint density at radius 2 is 1.61 bits per heavy atom. The molecule has 0 saturated heterocycles. The van der Waals surface area contributed by atoms with E-state index in [-0.39, 0.29) is 0 Å². The van der Waals surface area contributed by atoms with Crippen molar-refractivity contribution >= 4 is 22.7 Å². The molecule has 112 valence electrons. The minimum absolute atomic E-state index is 0.802. The highest BCUT2D eigenvalue weighted by Gasteiger charge is 2.14. The lowest BCUT2D eigenvalue weighted by atomic mass is 10.0. The summed E-state index contributed by atoms with van der Waals surface area (Å²) in [7, 11) is 0. The van der Waals surface area contributed by atoms with Crippen molar-refractivity contribution in [1.82, 2.24) is 24.8 Å². The van der Waals surface area contributed by atoms with Crippen LogP contribution in [0.2, 0.25) is 0 Å². The van der Waals surface area contributed by atoms with Gasteiger partial charge in [0.1, 0.15) is 0 Å². The molecule has 0 aliphatic heterocycles. The highest BCUT2D eigenvalue weighted by molar-refractivity contribution is 7.81. The monoisotopic (exact) mass is 319 g/mol. The zero-order valence-electron chi connectivity index (χ0n) is 12.2. The summed E-state index contributed by atoms with van der Waals surface area (Å²) in [6.45, 7) is 0. The van der Waals surface area contributed by atoms with Gasteiger partial charge in [-0.2, -0.15) is 20.1 Å². The van der Waals surface area contributed by atoms with Gasteiger partial charge in [-0.1, -0.05) is 30.4 Å². The second-order valence-electron chi connectivity index (χ2n) is 5.10. The van der Waals surface area contributed by atoms with E-state index in [1.807, 2.05) is 47.2 Å². The number of nitrogens with zero attached hydrogens (tertiary/aromatic N) is 5. The SMILES string of the molecule is S=C1CC=CC=C1c1ccnn1-c1ccc(-n2nccn2)cc1. The van der Waals surface area contributed by atoms with Gasteiger partial charge in [-0.25, -0.2) is 4.68 Å². The van der Waals surface area contributed by atoms with Crippen LogP contribution < -0.4 is 0 Å². The fourth-order valence-electron chi connectivity index (χ4n) is 2.56. The molecule has 0 fully saturated rings. The van der Waals surface area contributed by atoms with Gasteiger partial charge >= 0.3 is 0 Å². The number of thiocarbonyl (C=S) groups is 1. The molecule has 23 heavy (non-hydrogen) atoms. The van der Waals surface area contributed by atoms with Gasteiger partial charge in [0, 0.05) is 16.9 Å². The van der Waals surface area contributed by atoms with E-state index in [1.165, 1.54) is 0 Å². The lowest BCUT2D eigenvalue weighted by Gasteiger charge is -2.13. The van der Waals surface area contributed by atoms with Gasteiger partial charge in [0.25, 0.3) is 0 Å². The van der Waals surface area contributed by atoms with Crippen molar-refractivity contribution in [3.8, 4) is 11.4 Å². The van der Waals surface area contributed by atoms with Crippen molar-refractivity contribution in [3.63, 3.8) is 0 Å². The van der Waals surface area contributed by atoms with Crippen molar-refractivity contribution < 1.29 is 0 Å². The summed E-state index contributed by atoms with van der Waals surface area (Å²) < 4.78 is 1.90. The predicted octanol–water partition coefficient (Wildman–Crippen LogP) is 3.17. The van der Waals surface area contributed by atoms with Crippen LogP contribution in [0.25, 0.3) is 16.9 Å². The average molecular weight is 319 g/mol. The van der Waals surface area contributed by atoms with Crippen LogP contribution in [-0.2, 0) is 0 Å². The number of hydrogen-bond acceptors (Lipinski definition) is 4. The molecule has 2 heterocycles. The minimum Gasteiger partial charge on any atom is -0.233 e. The van der Waals surface area contributed by atoms with E-state index in [2.05, 4.69) is 21.4 Å². The van der Waals surface area contributed by atoms with E-state index in [9.17, 15) is 0 Å². The molecule has 3 aromatic rings. The molecular formula is C17H13N5S. The summed E-state index contributed by atoms with van der Waals surface area (Å²) in [6, 6.07) is 9.91. The smallest absolute Gasteiger partial charge is 0.0858 e. The molecule has 0 bridgehead atoms. The molecular weight excluding hydrogens is 306 g/mol. The van der Waals surface area contributed by atoms with Crippen molar-refractivity contribution in [2.24, 2.45) is 0 Å². The molecule has 0 N–H and O–H groups in total. The Balaban J connectivity index is 1.72. The molecule has 0 radical (unpaired) electrons. The first kappa shape index (κ1) is 13.8. The van der Waals surface area contributed by atoms with Crippen LogP contribution in [0.4, 0.5) is 0 Å². The Labute approximate surface area is 138 Å². The van der Waals surface area contributed by atoms with Gasteiger partial charge in [-0.15, -0.1) is 0 Å². The van der Waals surface area contributed by atoms with Crippen LogP contribution in [0.15, 0.2) is 67.2 Å². The highest BCUT2D eigenvalue weighted by Crippen LogP contribution is 2.24. The second kappa shape index (κ2) is 5.73. The third kappa shape index (κ3) is 2.53. The van der Waals surface area contributed by atoms with E-state index in [0.29, 0.717) is 0 Å². The van der Waals surface area contributed by atoms with Gasteiger partial charge in [0.2, 0.25) is 0 Å². The minimum atomic E-state index is 0.802. The number of hydrogen-bond donors (Lipinski definition) is 0. The molecule has 2 aromatic heterocycles. The molecule has 5 nitrogen and oxygen atoms in total. The molecule has 6 heteroatoms. The largest absolute Gasteiger partial charge is 0.233 e. The van der Waals surface area contributed by atoms with Crippen LogP contribution in [0.1, 0.15) is 12.1 Å². The molecule has 4 rings (SSSR count). The van der Waals surface area contributed by atoms with Crippen molar-refractivity contribution in [2.45, 2.75) is 6.42 Å². The molecule has 0 amide bonds. The maximum absolute atomic E-state index is 5.48. The topological polar surface area (TPSA) is 48.5 Å². The molecule has 0 saturated carbocycles. The summed E-state index contributed by atoms with van der Waals surface area (Å²) in [5.74, 6) is 0. The fraction of sp³-hybridized carbons (Fsp3) is 0.0588. The van der Waals surface area contributed by atoms with E-state index >= 15 is 0 Å². The Hall–Kier alpha value is -2.86. The average Bonchev–Trinajstić information content (AvgIpc) is 3.27. The van der Waals surface area contributed by atoms with Gasteiger partial charge in [0.05, 0.1) is 35.7 Å².